The van der Waals surface area contributed by atoms with Crippen LogP contribution in [-0.2, 0) is 9.84 Å². The van der Waals surface area contributed by atoms with Gasteiger partial charge in [-0.05, 0) is 55.0 Å². The topological polar surface area (TPSA) is 67.2 Å². The van der Waals surface area contributed by atoms with Gasteiger partial charge in [-0.15, -0.1) is 0 Å². The molecule has 0 fully saturated rings. The van der Waals surface area contributed by atoms with Gasteiger partial charge in [-0.1, -0.05) is 0 Å². The van der Waals surface area contributed by atoms with E-state index in [4.69, 9.17) is 10.00 Å². The first-order chi connectivity index (χ1) is 9.40. The van der Waals surface area contributed by atoms with Crippen molar-refractivity contribution in [2.45, 2.75) is 11.8 Å². The molecule has 0 N–H and O–H groups in total. The van der Waals surface area contributed by atoms with Crippen molar-refractivity contribution in [3.8, 4) is 17.6 Å². The lowest BCUT2D eigenvalue weighted by Gasteiger charge is -2.07. The Bertz CT molecular complexity index is 772. The lowest BCUT2D eigenvalue weighted by molar-refractivity contribution is 0.481. The van der Waals surface area contributed by atoms with Crippen LogP contribution in [0, 0.1) is 18.3 Å². The first kappa shape index (κ1) is 14.1. The Balaban J connectivity index is 2.23. The van der Waals surface area contributed by atoms with Gasteiger partial charge in [0.2, 0.25) is 0 Å². The van der Waals surface area contributed by atoms with Crippen molar-refractivity contribution in [2.24, 2.45) is 0 Å². The average molecular weight is 287 g/mol. The van der Waals surface area contributed by atoms with E-state index >= 15 is 0 Å². The second kappa shape index (κ2) is 5.35. The van der Waals surface area contributed by atoms with Crippen molar-refractivity contribution in [1.29, 1.82) is 5.26 Å². The van der Waals surface area contributed by atoms with Gasteiger partial charge in [0, 0.05) is 6.26 Å². The van der Waals surface area contributed by atoms with Crippen molar-refractivity contribution in [2.75, 3.05) is 6.26 Å². The summed E-state index contributed by atoms with van der Waals surface area (Å²) in [6.07, 6.45) is 1.16. The molecule has 0 radical (unpaired) electrons. The number of rotatable bonds is 3. The Hall–Kier alpha value is -2.32. The van der Waals surface area contributed by atoms with E-state index in [0.717, 1.165) is 11.8 Å². The zero-order chi connectivity index (χ0) is 14.8. The number of nitrogens with zero attached hydrogens (tertiary/aromatic N) is 1. The molecule has 0 aliphatic rings. The maximum absolute atomic E-state index is 11.3. The Morgan fingerprint density at radius 2 is 1.65 bits per heavy atom. The third kappa shape index (κ3) is 3.16. The fraction of sp³-hybridized carbons (Fsp3) is 0.133. The minimum atomic E-state index is -3.20. The molecule has 2 rings (SSSR count). The monoisotopic (exact) mass is 287 g/mol. The highest BCUT2D eigenvalue weighted by Gasteiger charge is 2.07. The number of hydrogen-bond donors (Lipinski definition) is 0. The molecular formula is C15H13NO3S. The van der Waals surface area contributed by atoms with Gasteiger partial charge in [-0.25, -0.2) is 8.42 Å². The van der Waals surface area contributed by atoms with E-state index in [1.165, 1.54) is 12.1 Å². The number of aryl methyl sites for hydroxylation is 1. The molecule has 4 nitrogen and oxygen atoms in total. The fourth-order valence-electron chi connectivity index (χ4n) is 1.72. The van der Waals surface area contributed by atoms with Gasteiger partial charge in [-0.3, -0.25) is 0 Å². The number of nitriles is 1. The van der Waals surface area contributed by atoms with Crippen LogP contribution >= 0.6 is 0 Å². The Kier molecular flexibility index (Phi) is 3.77. The zero-order valence-electron chi connectivity index (χ0n) is 11.1. The normalized spacial score (nSPS) is 10.8. The van der Waals surface area contributed by atoms with Crippen LogP contribution in [0.3, 0.4) is 0 Å². The molecule has 2 aromatic carbocycles. The highest BCUT2D eigenvalue weighted by Crippen LogP contribution is 2.24. The third-order valence-corrected chi connectivity index (χ3v) is 3.93. The van der Waals surface area contributed by atoms with E-state index in [-0.39, 0.29) is 4.90 Å². The lowest BCUT2D eigenvalue weighted by Crippen LogP contribution is -1.96. The summed E-state index contributed by atoms with van der Waals surface area (Å²) in [7, 11) is -3.20. The maximum Gasteiger partial charge on any atom is 0.175 e. The van der Waals surface area contributed by atoms with E-state index in [1.54, 1.807) is 30.3 Å². The first-order valence-corrected chi connectivity index (χ1v) is 7.78. The molecule has 0 heterocycles. The van der Waals surface area contributed by atoms with Crippen LogP contribution in [0.15, 0.2) is 47.4 Å². The predicted molar refractivity (Wildman–Crippen MR) is 75.5 cm³/mol. The Labute approximate surface area is 118 Å². The van der Waals surface area contributed by atoms with Crippen LogP contribution in [0.5, 0.6) is 11.5 Å². The number of ether oxygens (including phenoxy) is 1. The van der Waals surface area contributed by atoms with Gasteiger partial charge >= 0.3 is 0 Å². The van der Waals surface area contributed by atoms with Crippen molar-refractivity contribution >= 4 is 9.84 Å². The van der Waals surface area contributed by atoms with Crippen molar-refractivity contribution < 1.29 is 13.2 Å². The van der Waals surface area contributed by atoms with Crippen molar-refractivity contribution in [3.63, 3.8) is 0 Å². The quantitative estimate of drug-likeness (QED) is 0.870. The molecule has 0 bridgehead atoms. The Morgan fingerprint density at radius 1 is 1.05 bits per heavy atom. The van der Waals surface area contributed by atoms with E-state index in [0.29, 0.717) is 17.1 Å². The van der Waals surface area contributed by atoms with Crippen LogP contribution in [0.1, 0.15) is 11.1 Å². The summed E-state index contributed by atoms with van der Waals surface area (Å²) >= 11 is 0. The van der Waals surface area contributed by atoms with E-state index in [2.05, 4.69) is 6.07 Å². The van der Waals surface area contributed by atoms with E-state index in [9.17, 15) is 8.42 Å². The molecule has 20 heavy (non-hydrogen) atoms. The summed E-state index contributed by atoms with van der Waals surface area (Å²) in [4.78, 5) is 0.251. The summed E-state index contributed by atoms with van der Waals surface area (Å²) in [5, 5.41) is 8.86. The molecule has 102 valence electrons. The minimum Gasteiger partial charge on any atom is -0.457 e. The molecule has 2 aromatic rings. The second-order valence-corrected chi connectivity index (χ2v) is 6.45. The summed E-state index contributed by atoms with van der Waals surface area (Å²) in [5.74, 6) is 1.15. The Morgan fingerprint density at radius 3 is 2.15 bits per heavy atom. The smallest absolute Gasteiger partial charge is 0.175 e. The second-order valence-electron chi connectivity index (χ2n) is 4.43. The molecule has 0 amide bonds. The van der Waals surface area contributed by atoms with Gasteiger partial charge in [-0.2, -0.15) is 5.26 Å². The molecule has 0 saturated heterocycles. The number of hydrogen-bond acceptors (Lipinski definition) is 4. The van der Waals surface area contributed by atoms with Gasteiger partial charge in [0.25, 0.3) is 0 Å². The van der Waals surface area contributed by atoms with Gasteiger partial charge in [0.1, 0.15) is 11.5 Å². The highest BCUT2D eigenvalue weighted by molar-refractivity contribution is 7.90. The SMILES string of the molecule is Cc1cc(Oc2ccc(S(C)(=O)=O)cc2)ccc1C#N. The predicted octanol–water partition coefficient (Wildman–Crippen LogP) is 3.06. The summed E-state index contributed by atoms with van der Waals surface area (Å²) in [6.45, 7) is 1.83. The first-order valence-electron chi connectivity index (χ1n) is 5.89. The minimum absolute atomic E-state index is 0.251. The van der Waals surface area contributed by atoms with Crippen LogP contribution in [-0.4, -0.2) is 14.7 Å². The molecule has 0 aliphatic heterocycles. The molecular weight excluding hydrogens is 274 g/mol. The largest absolute Gasteiger partial charge is 0.457 e. The molecule has 0 saturated carbocycles. The zero-order valence-corrected chi connectivity index (χ0v) is 11.9. The van der Waals surface area contributed by atoms with E-state index in [1.807, 2.05) is 6.92 Å². The van der Waals surface area contributed by atoms with Crippen LogP contribution in [0.4, 0.5) is 0 Å². The van der Waals surface area contributed by atoms with Crippen molar-refractivity contribution in [1.82, 2.24) is 0 Å². The van der Waals surface area contributed by atoms with E-state index < -0.39 is 9.84 Å². The molecule has 0 atom stereocenters. The third-order valence-electron chi connectivity index (χ3n) is 2.81. The summed E-state index contributed by atoms with van der Waals surface area (Å²) in [5.41, 5.74) is 1.43. The lowest BCUT2D eigenvalue weighted by atomic mass is 10.1. The summed E-state index contributed by atoms with van der Waals surface area (Å²) in [6, 6.07) is 13.5. The van der Waals surface area contributed by atoms with Gasteiger partial charge in [0.05, 0.1) is 16.5 Å². The average Bonchev–Trinajstić information content (AvgIpc) is 2.38. The van der Waals surface area contributed by atoms with Crippen LogP contribution in [0.2, 0.25) is 0 Å². The molecule has 5 heteroatoms. The molecule has 0 aliphatic carbocycles. The fourth-order valence-corrected chi connectivity index (χ4v) is 2.35. The molecule has 0 unspecified atom stereocenters. The molecule has 0 spiro atoms. The summed E-state index contributed by atoms with van der Waals surface area (Å²) < 4.78 is 28.3. The van der Waals surface area contributed by atoms with Gasteiger partial charge in [0.15, 0.2) is 9.84 Å². The standard InChI is InChI=1S/C15H13NO3S/c1-11-9-14(4-3-12(11)10-16)19-13-5-7-15(8-6-13)20(2,17)18/h3-9H,1-2H3. The van der Waals surface area contributed by atoms with Crippen molar-refractivity contribution in [3.05, 3.63) is 53.6 Å². The van der Waals surface area contributed by atoms with Crippen LogP contribution < -0.4 is 4.74 Å². The molecule has 0 aromatic heterocycles. The maximum atomic E-state index is 11.3. The number of benzene rings is 2. The number of sulfone groups is 1. The van der Waals surface area contributed by atoms with Crippen LogP contribution in [0.25, 0.3) is 0 Å². The van der Waals surface area contributed by atoms with Gasteiger partial charge < -0.3 is 4.74 Å². The highest BCUT2D eigenvalue weighted by atomic mass is 32.2.